The molecule has 0 bridgehead atoms. The molecule has 0 radical (unpaired) electrons. The van der Waals surface area contributed by atoms with E-state index < -0.39 is 0 Å². The second-order valence-electron chi connectivity index (χ2n) is 3.34. The topological polar surface area (TPSA) is 51.8 Å². The molecule has 2 N–H and O–H groups in total. The van der Waals surface area contributed by atoms with Crippen LogP contribution in [0, 0.1) is 5.82 Å². The van der Waals surface area contributed by atoms with E-state index in [4.69, 9.17) is 17.3 Å². The van der Waals surface area contributed by atoms with Gasteiger partial charge in [-0.3, -0.25) is 0 Å². The Morgan fingerprint density at radius 1 is 1.50 bits per heavy atom. The van der Waals surface area contributed by atoms with Gasteiger partial charge in [-0.05, 0) is 30.1 Å². The molecule has 0 saturated heterocycles. The minimum Gasteiger partial charge on any atom is -0.322 e. The first-order valence-electron chi connectivity index (χ1n) is 4.64. The molecule has 0 amide bonds. The van der Waals surface area contributed by atoms with Gasteiger partial charge in [0.15, 0.2) is 0 Å². The SMILES string of the molecule is NC(Cc1c(F)cccc1Cl)c1csnn1. The van der Waals surface area contributed by atoms with Gasteiger partial charge in [0.05, 0.1) is 11.7 Å². The fourth-order valence-electron chi connectivity index (χ4n) is 1.39. The molecule has 1 aromatic heterocycles. The van der Waals surface area contributed by atoms with Crippen LogP contribution in [0.2, 0.25) is 5.02 Å². The highest BCUT2D eigenvalue weighted by Crippen LogP contribution is 2.24. The quantitative estimate of drug-likeness (QED) is 0.920. The molecule has 1 unspecified atom stereocenters. The first-order chi connectivity index (χ1) is 7.68. The van der Waals surface area contributed by atoms with E-state index in [0.717, 1.165) is 0 Å². The number of nitrogens with zero attached hydrogens (tertiary/aromatic N) is 2. The Labute approximate surface area is 101 Å². The van der Waals surface area contributed by atoms with Gasteiger partial charge in [0.1, 0.15) is 5.82 Å². The van der Waals surface area contributed by atoms with Gasteiger partial charge in [-0.2, -0.15) is 0 Å². The summed E-state index contributed by atoms with van der Waals surface area (Å²) in [5, 5.41) is 5.99. The van der Waals surface area contributed by atoms with E-state index in [1.165, 1.54) is 17.6 Å². The Hall–Kier alpha value is -1.04. The van der Waals surface area contributed by atoms with Gasteiger partial charge in [0, 0.05) is 16.0 Å². The lowest BCUT2D eigenvalue weighted by Gasteiger charge is -2.10. The third-order valence-electron chi connectivity index (χ3n) is 2.24. The van der Waals surface area contributed by atoms with E-state index in [1.807, 2.05) is 0 Å². The summed E-state index contributed by atoms with van der Waals surface area (Å²) in [7, 11) is 0. The number of rotatable bonds is 3. The molecule has 2 rings (SSSR count). The molecule has 0 aliphatic rings. The van der Waals surface area contributed by atoms with Gasteiger partial charge in [-0.15, -0.1) is 5.10 Å². The number of hydrogen-bond donors (Lipinski definition) is 1. The summed E-state index contributed by atoms with van der Waals surface area (Å²) in [6.45, 7) is 0. The summed E-state index contributed by atoms with van der Waals surface area (Å²) in [6, 6.07) is 4.20. The molecule has 0 saturated carbocycles. The number of benzene rings is 1. The molecule has 0 spiro atoms. The lowest BCUT2D eigenvalue weighted by Crippen LogP contribution is -2.15. The van der Waals surface area contributed by atoms with E-state index >= 15 is 0 Å². The molecule has 0 fully saturated rings. The summed E-state index contributed by atoms with van der Waals surface area (Å²) < 4.78 is 17.2. The van der Waals surface area contributed by atoms with Crippen LogP contribution >= 0.6 is 23.1 Å². The summed E-state index contributed by atoms with van der Waals surface area (Å²) in [6.07, 6.45) is 0.316. The van der Waals surface area contributed by atoms with Gasteiger partial charge >= 0.3 is 0 Å². The van der Waals surface area contributed by atoms with Crippen molar-refractivity contribution in [2.75, 3.05) is 0 Å². The van der Waals surface area contributed by atoms with Crippen molar-refractivity contribution < 1.29 is 4.39 Å². The number of aromatic nitrogens is 2. The van der Waals surface area contributed by atoms with E-state index in [0.29, 0.717) is 22.7 Å². The van der Waals surface area contributed by atoms with Crippen molar-refractivity contribution in [3.63, 3.8) is 0 Å². The van der Waals surface area contributed by atoms with Crippen LogP contribution in [-0.2, 0) is 6.42 Å². The molecule has 1 heterocycles. The summed E-state index contributed by atoms with van der Waals surface area (Å²) in [5.74, 6) is -0.342. The van der Waals surface area contributed by atoms with Gasteiger partial charge in [-0.25, -0.2) is 4.39 Å². The lowest BCUT2D eigenvalue weighted by molar-refractivity contribution is 0.589. The molecular weight excluding hydrogens is 249 g/mol. The average molecular weight is 258 g/mol. The predicted octanol–water partition coefficient (Wildman–Crippen LogP) is 2.57. The summed E-state index contributed by atoms with van der Waals surface area (Å²) in [4.78, 5) is 0. The van der Waals surface area contributed by atoms with Crippen molar-refractivity contribution in [2.45, 2.75) is 12.5 Å². The molecule has 2 aromatic rings. The number of nitrogens with two attached hydrogens (primary N) is 1. The second-order valence-corrected chi connectivity index (χ2v) is 4.36. The van der Waals surface area contributed by atoms with Gasteiger partial charge in [0.25, 0.3) is 0 Å². The van der Waals surface area contributed by atoms with Crippen molar-refractivity contribution in [1.82, 2.24) is 9.59 Å². The van der Waals surface area contributed by atoms with E-state index in [-0.39, 0.29) is 11.9 Å². The smallest absolute Gasteiger partial charge is 0.127 e. The first kappa shape index (κ1) is 11.4. The predicted molar refractivity (Wildman–Crippen MR) is 62.0 cm³/mol. The molecule has 84 valence electrons. The standard InChI is InChI=1S/C10H9ClFN3S/c11-7-2-1-3-8(12)6(7)4-9(13)10-5-16-15-14-10/h1-3,5,9H,4,13H2. The minimum atomic E-state index is -0.381. The molecular formula is C10H9ClFN3S. The zero-order valence-corrected chi connectivity index (χ0v) is 9.80. The van der Waals surface area contributed by atoms with Crippen LogP contribution in [0.3, 0.4) is 0 Å². The Kier molecular flexibility index (Phi) is 3.48. The molecule has 0 aliphatic carbocycles. The highest BCUT2D eigenvalue weighted by atomic mass is 35.5. The largest absolute Gasteiger partial charge is 0.322 e. The zero-order chi connectivity index (χ0) is 11.5. The van der Waals surface area contributed by atoms with Crippen LogP contribution in [0.25, 0.3) is 0 Å². The molecule has 1 atom stereocenters. The van der Waals surface area contributed by atoms with E-state index in [9.17, 15) is 4.39 Å². The van der Waals surface area contributed by atoms with Crippen LogP contribution in [0.5, 0.6) is 0 Å². The van der Waals surface area contributed by atoms with Crippen molar-refractivity contribution in [2.24, 2.45) is 5.73 Å². The second kappa shape index (κ2) is 4.86. The Balaban J connectivity index is 2.21. The van der Waals surface area contributed by atoms with Crippen molar-refractivity contribution >= 4 is 23.1 Å². The minimum absolute atomic E-state index is 0.316. The van der Waals surface area contributed by atoms with Crippen LogP contribution in [0.15, 0.2) is 23.6 Å². The third-order valence-corrected chi connectivity index (χ3v) is 3.12. The maximum Gasteiger partial charge on any atom is 0.127 e. The van der Waals surface area contributed by atoms with Crippen LogP contribution < -0.4 is 5.73 Å². The monoisotopic (exact) mass is 257 g/mol. The first-order valence-corrected chi connectivity index (χ1v) is 5.85. The van der Waals surface area contributed by atoms with Crippen LogP contribution in [0.1, 0.15) is 17.3 Å². The van der Waals surface area contributed by atoms with E-state index in [2.05, 4.69) is 9.59 Å². The fourth-order valence-corrected chi connectivity index (χ4v) is 2.14. The fraction of sp³-hybridized carbons (Fsp3) is 0.200. The van der Waals surface area contributed by atoms with Crippen LogP contribution in [-0.4, -0.2) is 9.59 Å². The summed E-state index contributed by atoms with van der Waals surface area (Å²) >= 11 is 7.13. The lowest BCUT2D eigenvalue weighted by atomic mass is 10.0. The van der Waals surface area contributed by atoms with E-state index in [1.54, 1.807) is 17.5 Å². The van der Waals surface area contributed by atoms with Crippen molar-refractivity contribution in [3.8, 4) is 0 Å². The van der Waals surface area contributed by atoms with Gasteiger partial charge < -0.3 is 5.73 Å². The Morgan fingerprint density at radius 3 is 2.94 bits per heavy atom. The highest BCUT2D eigenvalue weighted by Gasteiger charge is 2.14. The van der Waals surface area contributed by atoms with Crippen molar-refractivity contribution in [3.05, 3.63) is 45.7 Å². The maximum absolute atomic E-state index is 13.5. The average Bonchev–Trinajstić information content (AvgIpc) is 2.76. The molecule has 1 aromatic carbocycles. The molecule has 0 aliphatic heterocycles. The van der Waals surface area contributed by atoms with Gasteiger partial charge in [0.2, 0.25) is 0 Å². The summed E-state index contributed by atoms with van der Waals surface area (Å²) in [5.41, 5.74) is 6.97. The normalized spacial score (nSPS) is 12.7. The van der Waals surface area contributed by atoms with Crippen LogP contribution in [0.4, 0.5) is 4.39 Å². The molecule has 3 nitrogen and oxygen atoms in total. The van der Waals surface area contributed by atoms with Gasteiger partial charge in [-0.1, -0.05) is 22.2 Å². The molecule has 16 heavy (non-hydrogen) atoms. The molecule has 6 heteroatoms. The van der Waals surface area contributed by atoms with Crippen molar-refractivity contribution in [1.29, 1.82) is 0 Å². The number of hydrogen-bond acceptors (Lipinski definition) is 4. The Morgan fingerprint density at radius 2 is 2.31 bits per heavy atom. The Bertz CT molecular complexity index is 455. The zero-order valence-electron chi connectivity index (χ0n) is 8.23. The highest BCUT2D eigenvalue weighted by molar-refractivity contribution is 7.03. The number of halogens is 2. The third kappa shape index (κ3) is 2.37. The maximum atomic E-state index is 13.5.